The van der Waals surface area contributed by atoms with Gasteiger partial charge in [-0.05, 0) is 55.6 Å². The molecule has 0 bridgehead atoms. The van der Waals surface area contributed by atoms with Crippen LogP contribution in [-0.4, -0.2) is 53.4 Å². The molecular formula is C24H27ClFN3O2S. The predicted molar refractivity (Wildman–Crippen MR) is 126 cm³/mol. The first-order valence-corrected chi connectivity index (χ1v) is 12.4. The minimum absolute atomic E-state index is 0.00380. The van der Waals surface area contributed by atoms with Crippen molar-refractivity contribution in [2.24, 2.45) is 0 Å². The fraction of sp³-hybridized carbons (Fsp3) is 0.417. The highest BCUT2D eigenvalue weighted by Crippen LogP contribution is 2.30. The van der Waals surface area contributed by atoms with Gasteiger partial charge in [-0.1, -0.05) is 48.0 Å². The second-order valence-electron chi connectivity index (χ2n) is 8.20. The molecule has 0 radical (unpaired) electrons. The van der Waals surface area contributed by atoms with Crippen molar-refractivity contribution in [3.63, 3.8) is 0 Å². The van der Waals surface area contributed by atoms with Gasteiger partial charge in [-0.3, -0.25) is 14.5 Å². The number of benzene rings is 2. The highest BCUT2D eigenvalue weighted by molar-refractivity contribution is 8.00. The highest BCUT2D eigenvalue weighted by atomic mass is 35.5. The van der Waals surface area contributed by atoms with Gasteiger partial charge < -0.3 is 10.6 Å². The molecule has 5 nitrogen and oxygen atoms in total. The first-order valence-electron chi connectivity index (χ1n) is 10.9. The Morgan fingerprint density at radius 1 is 1.19 bits per heavy atom. The maximum absolute atomic E-state index is 13.9. The number of hydrogen-bond donors (Lipinski definition) is 2. The van der Waals surface area contributed by atoms with E-state index in [2.05, 4.69) is 15.5 Å². The lowest BCUT2D eigenvalue weighted by molar-refractivity contribution is -0.128. The van der Waals surface area contributed by atoms with Crippen LogP contribution in [0.5, 0.6) is 0 Å². The van der Waals surface area contributed by atoms with Crippen LogP contribution in [-0.2, 0) is 16.0 Å². The molecule has 2 aliphatic rings. The van der Waals surface area contributed by atoms with Gasteiger partial charge in [-0.2, -0.15) is 0 Å². The molecule has 8 heteroatoms. The van der Waals surface area contributed by atoms with Gasteiger partial charge in [0.1, 0.15) is 11.9 Å². The Kier molecular flexibility index (Phi) is 7.71. The quantitative estimate of drug-likeness (QED) is 0.642. The van der Waals surface area contributed by atoms with Gasteiger partial charge in [-0.15, -0.1) is 11.8 Å². The lowest BCUT2D eigenvalue weighted by Crippen LogP contribution is -2.55. The zero-order chi connectivity index (χ0) is 22.5. The summed E-state index contributed by atoms with van der Waals surface area (Å²) in [7, 11) is 0. The number of nitrogens with zero attached hydrogens (tertiary/aromatic N) is 1. The SMILES string of the molecule is O=C(NCC(c1ccccc1Cl)N1CCCC1)C1CSC(Cc2ccccc2F)C(=O)N1. The minimum Gasteiger partial charge on any atom is -0.352 e. The Labute approximate surface area is 197 Å². The van der Waals surface area contributed by atoms with Crippen molar-refractivity contribution in [3.05, 3.63) is 70.5 Å². The van der Waals surface area contributed by atoms with E-state index in [0.717, 1.165) is 31.5 Å². The van der Waals surface area contributed by atoms with E-state index in [1.54, 1.807) is 18.2 Å². The standard InChI is InChI=1S/C24H27ClFN3O2S/c25-18-9-3-2-8-17(18)21(29-11-5-6-12-29)14-27-23(30)20-15-32-22(24(31)28-20)13-16-7-1-4-10-19(16)26/h1-4,7-10,20-22H,5-6,11-15H2,(H,27,30)(H,28,31). The molecule has 2 aromatic rings. The van der Waals surface area contributed by atoms with E-state index >= 15 is 0 Å². The molecule has 32 heavy (non-hydrogen) atoms. The lowest BCUT2D eigenvalue weighted by Gasteiger charge is -2.31. The summed E-state index contributed by atoms with van der Waals surface area (Å²) in [6.45, 7) is 2.37. The van der Waals surface area contributed by atoms with Crippen LogP contribution in [0.25, 0.3) is 0 Å². The Morgan fingerprint density at radius 2 is 1.91 bits per heavy atom. The van der Waals surface area contributed by atoms with Crippen molar-refractivity contribution in [2.75, 3.05) is 25.4 Å². The number of carbonyl (C=O) groups is 2. The van der Waals surface area contributed by atoms with E-state index in [0.29, 0.717) is 29.3 Å². The molecule has 2 aromatic carbocycles. The van der Waals surface area contributed by atoms with Crippen molar-refractivity contribution in [1.29, 1.82) is 0 Å². The van der Waals surface area contributed by atoms with Crippen molar-refractivity contribution in [1.82, 2.24) is 15.5 Å². The maximum Gasteiger partial charge on any atom is 0.243 e. The van der Waals surface area contributed by atoms with Gasteiger partial charge in [0, 0.05) is 17.3 Å². The van der Waals surface area contributed by atoms with E-state index < -0.39 is 11.3 Å². The zero-order valence-electron chi connectivity index (χ0n) is 17.7. The van der Waals surface area contributed by atoms with Gasteiger partial charge in [-0.25, -0.2) is 4.39 Å². The molecule has 2 N–H and O–H groups in total. The van der Waals surface area contributed by atoms with Crippen molar-refractivity contribution < 1.29 is 14.0 Å². The number of nitrogens with one attached hydrogen (secondary N) is 2. The summed E-state index contributed by atoms with van der Waals surface area (Å²) >= 11 is 7.85. The molecule has 2 saturated heterocycles. The van der Waals surface area contributed by atoms with Crippen LogP contribution in [0.2, 0.25) is 5.02 Å². The molecule has 2 heterocycles. The largest absolute Gasteiger partial charge is 0.352 e. The number of carbonyl (C=O) groups excluding carboxylic acids is 2. The summed E-state index contributed by atoms with van der Waals surface area (Å²) in [4.78, 5) is 27.8. The number of amides is 2. The van der Waals surface area contributed by atoms with E-state index in [9.17, 15) is 14.0 Å². The van der Waals surface area contributed by atoms with Crippen LogP contribution in [0, 0.1) is 5.82 Å². The molecule has 3 unspecified atom stereocenters. The summed E-state index contributed by atoms with van der Waals surface area (Å²) in [6.07, 6.45) is 2.57. The number of halogens is 2. The number of likely N-dealkylation sites (tertiary alicyclic amines) is 1. The van der Waals surface area contributed by atoms with Crippen molar-refractivity contribution >= 4 is 35.2 Å². The third kappa shape index (κ3) is 5.45. The van der Waals surface area contributed by atoms with Crippen LogP contribution in [0.4, 0.5) is 4.39 Å². The summed E-state index contributed by atoms with van der Waals surface area (Å²) < 4.78 is 13.9. The smallest absolute Gasteiger partial charge is 0.243 e. The summed E-state index contributed by atoms with van der Waals surface area (Å²) in [5.74, 6) is -0.288. The predicted octanol–water partition coefficient (Wildman–Crippen LogP) is 3.58. The minimum atomic E-state index is -0.602. The monoisotopic (exact) mass is 475 g/mol. The van der Waals surface area contributed by atoms with Crippen LogP contribution >= 0.6 is 23.4 Å². The van der Waals surface area contributed by atoms with Gasteiger partial charge in [0.25, 0.3) is 0 Å². The van der Waals surface area contributed by atoms with E-state index in [1.165, 1.54) is 17.8 Å². The molecule has 0 spiro atoms. The fourth-order valence-corrected chi connectivity index (χ4v) is 5.74. The fourth-order valence-electron chi connectivity index (χ4n) is 4.31. The van der Waals surface area contributed by atoms with E-state index in [4.69, 9.17) is 11.6 Å². The summed E-state index contributed by atoms with van der Waals surface area (Å²) in [5.41, 5.74) is 1.51. The second-order valence-corrected chi connectivity index (χ2v) is 9.85. The normalized spacial score (nSPS) is 22.4. The van der Waals surface area contributed by atoms with Gasteiger partial charge in [0.2, 0.25) is 11.8 Å². The molecule has 4 rings (SSSR count). The topological polar surface area (TPSA) is 61.4 Å². The molecule has 0 saturated carbocycles. The average molecular weight is 476 g/mol. The lowest BCUT2D eigenvalue weighted by atomic mass is 10.0. The third-order valence-electron chi connectivity index (χ3n) is 6.07. The van der Waals surface area contributed by atoms with Crippen molar-refractivity contribution in [2.45, 2.75) is 36.6 Å². The number of rotatable bonds is 7. The Balaban J connectivity index is 1.35. The average Bonchev–Trinajstić information content (AvgIpc) is 3.32. The van der Waals surface area contributed by atoms with Gasteiger partial charge in [0.05, 0.1) is 11.3 Å². The maximum atomic E-state index is 13.9. The number of thioether (sulfide) groups is 1. The Hall–Kier alpha value is -2.09. The molecule has 2 fully saturated rings. The Bertz CT molecular complexity index is 970. The summed E-state index contributed by atoms with van der Waals surface area (Å²) in [5, 5.41) is 6.12. The van der Waals surface area contributed by atoms with E-state index in [1.807, 2.05) is 24.3 Å². The van der Waals surface area contributed by atoms with Crippen LogP contribution in [0.3, 0.4) is 0 Å². The molecule has 0 aliphatic carbocycles. The third-order valence-corrected chi connectivity index (χ3v) is 7.72. The van der Waals surface area contributed by atoms with Crippen LogP contribution in [0.15, 0.2) is 48.5 Å². The first-order chi connectivity index (χ1) is 15.5. The molecular weight excluding hydrogens is 449 g/mol. The molecule has 170 valence electrons. The van der Waals surface area contributed by atoms with Crippen LogP contribution in [0.1, 0.15) is 30.0 Å². The summed E-state index contributed by atoms with van der Waals surface area (Å²) in [6, 6.07) is 13.6. The first kappa shape index (κ1) is 23.1. The molecule has 3 atom stereocenters. The van der Waals surface area contributed by atoms with Crippen molar-refractivity contribution in [3.8, 4) is 0 Å². The van der Waals surface area contributed by atoms with E-state index in [-0.39, 0.29) is 23.7 Å². The highest BCUT2D eigenvalue weighted by Gasteiger charge is 2.33. The second kappa shape index (κ2) is 10.7. The molecule has 2 amide bonds. The van der Waals surface area contributed by atoms with Gasteiger partial charge in [0.15, 0.2) is 0 Å². The molecule has 0 aromatic heterocycles. The Morgan fingerprint density at radius 3 is 2.62 bits per heavy atom. The van der Waals surface area contributed by atoms with Crippen LogP contribution < -0.4 is 10.6 Å². The molecule has 2 aliphatic heterocycles. The number of hydrogen-bond acceptors (Lipinski definition) is 4. The van der Waals surface area contributed by atoms with Gasteiger partial charge >= 0.3 is 0 Å². The zero-order valence-corrected chi connectivity index (χ0v) is 19.3.